The van der Waals surface area contributed by atoms with Crippen molar-refractivity contribution in [2.24, 2.45) is 0 Å². The molecule has 0 saturated carbocycles. The highest BCUT2D eigenvalue weighted by atomic mass is 16.4. The van der Waals surface area contributed by atoms with Gasteiger partial charge >= 0.3 is 5.63 Å². The monoisotopic (exact) mass is 203 g/mol. The van der Waals surface area contributed by atoms with Gasteiger partial charge in [-0.15, -0.1) is 0 Å². The molecule has 0 amide bonds. The molecule has 1 aromatic carbocycles. The zero-order valence-corrected chi connectivity index (χ0v) is 9.05. The topological polar surface area (TPSA) is 42.2 Å². The van der Waals surface area contributed by atoms with E-state index in [1.807, 2.05) is 32.2 Å². The van der Waals surface area contributed by atoms with Gasteiger partial charge < -0.3 is 9.73 Å². The van der Waals surface area contributed by atoms with E-state index < -0.39 is 0 Å². The summed E-state index contributed by atoms with van der Waals surface area (Å²) in [5.41, 5.74) is 3.11. The van der Waals surface area contributed by atoms with Crippen molar-refractivity contribution in [3.05, 3.63) is 39.7 Å². The molecular formula is C12H13NO2. The van der Waals surface area contributed by atoms with Crippen LogP contribution in [0.5, 0.6) is 0 Å². The summed E-state index contributed by atoms with van der Waals surface area (Å²) in [5, 5.41) is 4.02. The summed E-state index contributed by atoms with van der Waals surface area (Å²) in [6.45, 7) is 3.78. The van der Waals surface area contributed by atoms with Crippen LogP contribution in [0.1, 0.15) is 11.1 Å². The maximum atomic E-state index is 11.3. The van der Waals surface area contributed by atoms with E-state index >= 15 is 0 Å². The predicted octanol–water partition coefficient (Wildman–Crippen LogP) is 2.45. The van der Waals surface area contributed by atoms with Crippen molar-refractivity contribution >= 4 is 16.7 Å². The first-order valence-corrected chi connectivity index (χ1v) is 4.84. The zero-order chi connectivity index (χ0) is 11.0. The Morgan fingerprint density at radius 3 is 2.47 bits per heavy atom. The van der Waals surface area contributed by atoms with E-state index in [1.165, 1.54) is 0 Å². The smallest absolute Gasteiger partial charge is 0.339 e. The van der Waals surface area contributed by atoms with E-state index in [1.54, 1.807) is 6.92 Å². The molecule has 0 saturated heterocycles. The fourth-order valence-corrected chi connectivity index (χ4v) is 1.65. The third-order valence-corrected chi connectivity index (χ3v) is 2.52. The van der Waals surface area contributed by atoms with Crippen LogP contribution < -0.4 is 10.9 Å². The number of anilines is 1. The summed E-state index contributed by atoms with van der Waals surface area (Å²) in [6, 6.07) is 5.72. The van der Waals surface area contributed by atoms with Crippen LogP contribution in [0, 0.1) is 13.8 Å². The van der Waals surface area contributed by atoms with Crippen LogP contribution in [0.15, 0.2) is 27.4 Å². The number of benzene rings is 1. The van der Waals surface area contributed by atoms with Crippen molar-refractivity contribution in [2.75, 3.05) is 12.4 Å². The Morgan fingerprint density at radius 2 is 1.80 bits per heavy atom. The number of hydrogen-bond acceptors (Lipinski definition) is 3. The van der Waals surface area contributed by atoms with E-state index in [9.17, 15) is 4.79 Å². The average molecular weight is 203 g/mol. The lowest BCUT2D eigenvalue weighted by molar-refractivity contribution is 0.555. The Morgan fingerprint density at radius 1 is 1.13 bits per heavy atom. The Balaban J connectivity index is 2.82. The fraction of sp³-hybridized carbons (Fsp3) is 0.250. The Labute approximate surface area is 87.7 Å². The van der Waals surface area contributed by atoms with Crippen molar-refractivity contribution in [1.29, 1.82) is 0 Å². The van der Waals surface area contributed by atoms with Crippen molar-refractivity contribution in [1.82, 2.24) is 0 Å². The summed E-state index contributed by atoms with van der Waals surface area (Å²) in [5.74, 6) is 0. The van der Waals surface area contributed by atoms with Gasteiger partial charge in [0.15, 0.2) is 0 Å². The molecular weight excluding hydrogens is 190 g/mol. The summed E-state index contributed by atoms with van der Waals surface area (Å²) in [7, 11) is 1.85. The zero-order valence-electron chi connectivity index (χ0n) is 9.05. The highest BCUT2D eigenvalue weighted by molar-refractivity contribution is 5.82. The van der Waals surface area contributed by atoms with Crippen molar-refractivity contribution < 1.29 is 4.42 Å². The third-order valence-electron chi connectivity index (χ3n) is 2.52. The molecule has 15 heavy (non-hydrogen) atoms. The SMILES string of the molecule is CNc1cc2oc(=O)c(C)cc2cc1C. The molecule has 0 radical (unpaired) electrons. The van der Waals surface area contributed by atoms with Gasteiger partial charge in [0.05, 0.1) is 0 Å². The van der Waals surface area contributed by atoms with Crippen LogP contribution in [-0.4, -0.2) is 7.05 Å². The van der Waals surface area contributed by atoms with Crippen LogP contribution in [0.2, 0.25) is 0 Å². The van der Waals surface area contributed by atoms with Crippen molar-refractivity contribution in [3.63, 3.8) is 0 Å². The third kappa shape index (κ3) is 1.61. The normalized spacial score (nSPS) is 10.6. The molecule has 0 aliphatic rings. The summed E-state index contributed by atoms with van der Waals surface area (Å²) < 4.78 is 5.19. The van der Waals surface area contributed by atoms with E-state index in [-0.39, 0.29) is 5.63 Å². The molecule has 2 rings (SSSR count). The van der Waals surface area contributed by atoms with Crippen LogP contribution >= 0.6 is 0 Å². The van der Waals surface area contributed by atoms with E-state index in [2.05, 4.69) is 5.32 Å². The molecule has 0 fully saturated rings. The Bertz CT molecular complexity index is 570. The lowest BCUT2D eigenvalue weighted by Gasteiger charge is -2.06. The lowest BCUT2D eigenvalue weighted by atomic mass is 10.1. The second-order valence-corrected chi connectivity index (χ2v) is 3.67. The Kier molecular flexibility index (Phi) is 2.23. The molecule has 78 valence electrons. The van der Waals surface area contributed by atoms with E-state index in [0.29, 0.717) is 11.1 Å². The summed E-state index contributed by atoms with van der Waals surface area (Å²) >= 11 is 0. The minimum Gasteiger partial charge on any atom is -0.422 e. The highest BCUT2D eigenvalue weighted by Gasteiger charge is 2.04. The maximum absolute atomic E-state index is 11.3. The molecule has 0 bridgehead atoms. The van der Waals surface area contributed by atoms with Gasteiger partial charge in [-0.3, -0.25) is 0 Å². The number of nitrogens with one attached hydrogen (secondary N) is 1. The van der Waals surface area contributed by atoms with Gasteiger partial charge in [-0.25, -0.2) is 4.79 Å². The van der Waals surface area contributed by atoms with Gasteiger partial charge in [0, 0.05) is 29.8 Å². The number of aryl methyl sites for hydroxylation is 2. The summed E-state index contributed by atoms with van der Waals surface area (Å²) in [4.78, 5) is 11.3. The first kappa shape index (κ1) is 9.77. The second kappa shape index (κ2) is 3.42. The van der Waals surface area contributed by atoms with Crippen LogP contribution in [-0.2, 0) is 0 Å². The molecule has 0 spiro atoms. The van der Waals surface area contributed by atoms with E-state index in [4.69, 9.17) is 4.42 Å². The molecule has 3 nitrogen and oxygen atoms in total. The van der Waals surface area contributed by atoms with Gasteiger partial charge in [0.2, 0.25) is 0 Å². The molecule has 1 heterocycles. The average Bonchev–Trinajstić information content (AvgIpc) is 2.20. The molecule has 0 aliphatic heterocycles. The van der Waals surface area contributed by atoms with Crippen LogP contribution in [0.25, 0.3) is 11.0 Å². The van der Waals surface area contributed by atoms with Crippen molar-refractivity contribution in [2.45, 2.75) is 13.8 Å². The number of hydrogen-bond donors (Lipinski definition) is 1. The van der Waals surface area contributed by atoms with Gasteiger partial charge in [-0.2, -0.15) is 0 Å². The molecule has 0 aliphatic carbocycles. The number of fused-ring (bicyclic) bond motifs is 1. The predicted molar refractivity (Wildman–Crippen MR) is 61.5 cm³/mol. The highest BCUT2D eigenvalue weighted by Crippen LogP contribution is 2.22. The number of rotatable bonds is 1. The standard InChI is InChI=1S/C12H13NO2/c1-7-4-9-5-8(2)12(14)15-11(9)6-10(7)13-3/h4-6,13H,1-3H3. The molecule has 0 unspecified atom stereocenters. The van der Waals surface area contributed by atoms with Crippen LogP contribution in [0.4, 0.5) is 5.69 Å². The molecule has 2 aromatic rings. The quantitative estimate of drug-likeness (QED) is 0.724. The van der Waals surface area contributed by atoms with Gasteiger partial charge in [-0.05, 0) is 31.5 Å². The summed E-state index contributed by atoms with van der Waals surface area (Å²) in [6.07, 6.45) is 0. The first-order valence-electron chi connectivity index (χ1n) is 4.84. The van der Waals surface area contributed by atoms with Crippen molar-refractivity contribution in [3.8, 4) is 0 Å². The van der Waals surface area contributed by atoms with Gasteiger partial charge in [-0.1, -0.05) is 0 Å². The molecule has 3 heteroatoms. The first-order chi connectivity index (χ1) is 7.11. The minimum absolute atomic E-state index is 0.270. The Hall–Kier alpha value is -1.77. The van der Waals surface area contributed by atoms with E-state index in [0.717, 1.165) is 16.6 Å². The minimum atomic E-state index is -0.270. The fourth-order valence-electron chi connectivity index (χ4n) is 1.65. The van der Waals surface area contributed by atoms with Gasteiger partial charge in [0.1, 0.15) is 5.58 Å². The maximum Gasteiger partial charge on any atom is 0.339 e. The lowest BCUT2D eigenvalue weighted by Crippen LogP contribution is -2.02. The van der Waals surface area contributed by atoms with Crippen LogP contribution in [0.3, 0.4) is 0 Å². The second-order valence-electron chi connectivity index (χ2n) is 3.67. The largest absolute Gasteiger partial charge is 0.422 e. The molecule has 1 aromatic heterocycles. The molecule has 1 N–H and O–H groups in total. The van der Waals surface area contributed by atoms with Gasteiger partial charge in [0.25, 0.3) is 0 Å². The molecule has 0 atom stereocenters.